The van der Waals surface area contributed by atoms with Crippen LogP contribution in [0.4, 0.5) is 0 Å². The van der Waals surface area contributed by atoms with Crippen LogP contribution in [-0.4, -0.2) is 5.78 Å². The Kier molecular flexibility index (Phi) is 3.70. The number of hydrogen-bond donors (Lipinski definition) is 0. The molecule has 2 aromatic rings. The molecule has 0 atom stereocenters. The zero-order chi connectivity index (χ0) is 11.7. The van der Waals surface area contributed by atoms with E-state index in [1.807, 2.05) is 11.4 Å². The summed E-state index contributed by atoms with van der Waals surface area (Å²) in [6.07, 6.45) is 0. The van der Waals surface area contributed by atoms with Gasteiger partial charge in [-0.05, 0) is 45.6 Å². The summed E-state index contributed by atoms with van der Waals surface area (Å²) in [4.78, 5) is 12.8. The number of carbonyl (C=O) groups is 1. The Labute approximate surface area is 115 Å². The van der Waals surface area contributed by atoms with Crippen molar-refractivity contribution in [2.24, 2.45) is 0 Å². The predicted octanol–water partition coefficient (Wildman–Crippen LogP) is 5.05. The van der Waals surface area contributed by atoms with Crippen LogP contribution in [0.3, 0.4) is 0 Å². The highest BCUT2D eigenvalue weighted by atomic mass is 79.9. The molecule has 0 amide bonds. The molecule has 0 unspecified atom stereocenters. The number of hydrogen-bond acceptors (Lipinski definition) is 2. The van der Waals surface area contributed by atoms with Gasteiger partial charge in [0.1, 0.15) is 0 Å². The number of thiophene rings is 1. The quantitative estimate of drug-likeness (QED) is 0.702. The first-order valence-electron chi connectivity index (χ1n) is 4.32. The van der Waals surface area contributed by atoms with Gasteiger partial charge in [-0.1, -0.05) is 23.2 Å². The number of halogens is 3. The second-order valence-corrected chi connectivity index (χ2v) is 5.67. The van der Waals surface area contributed by atoms with Crippen LogP contribution in [0.2, 0.25) is 10.0 Å². The van der Waals surface area contributed by atoms with Gasteiger partial charge in [0.25, 0.3) is 0 Å². The van der Waals surface area contributed by atoms with E-state index in [9.17, 15) is 4.79 Å². The Morgan fingerprint density at radius 2 is 2.00 bits per heavy atom. The average Bonchev–Trinajstić information content (AvgIpc) is 2.63. The zero-order valence-corrected chi connectivity index (χ0v) is 11.8. The Bertz CT molecular complexity index is 551. The molecular weight excluding hydrogens is 331 g/mol. The van der Waals surface area contributed by atoms with Crippen molar-refractivity contribution in [3.63, 3.8) is 0 Å². The fraction of sp³-hybridized carbons (Fsp3) is 0. The summed E-state index contributed by atoms with van der Waals surface area (Å²) >= 11 is 16.5. The molecule has 5 heteroatoms. The van der Waals surface area contributed by atoms with Crippen molar-refractivity contribution in [3.05, 3.63) is 54.6 Å². The van der Waals surface area contributed by atoms with Crippen molar-refractivity contribution in [2.75, 3.05) is 0 Å². The topological polar surface area (TPSA) is 17.1 Å². The van der Waals surface area contributed by atoms with Gasteiger partial charge in [-0.15, -0.1) is 11.3 Å². The van der Waals surface area contributed by atoms with Crippen molar-refractivity contribution in [1.82, 2.24) is 0 Å². The lowest BCUT2D eigenvalue weighted by atomic mass is 10.1. The minimum absolute atomic E-state index is 0.0939. The van der Waals surface area contributed by atoms with Crippen molar-refractivity contribution >= 4 is 56.3 Å². The van der Waals surface area contributed by atoms with Gasteiger partial charge in [0.15, 0.2) is 0 Å². The second kappa shape index (κ2) is 4.88. The monoisotopic (exact) mass is 334 g/mol. The van der Waals surface area contributed by atoms with Gasteiger partial charge in [-0.25, -0.2) is 0 Å². The Morgan fingerprint density at radius 1 is 1.25 bits per heavy atom. The summed E-state index contributed by atoms with van der Waals surface area (Å²) in [5.74, 6) is -0.0939. The van der Waals surface area contributed by atoms with E-state index in [-0.39, 0.29) is 5.78 Å². The molecule has 1 nitrogen and oxygen atoms in total. The van der Waals surface area contributed by atoms with E-state index < -0.39 is 0 Å². The van der Waals surface area contributed by atoms with E-state index in [0.717, 1.165) is 4.47 Å². The second-order valence-electron chi connectivity index (χ2n) is 3.05. The van der Waals surface area contributed by atoms with Crippen LogP contribution in [0.25, 0.3) is 0 Å². The van der Waals surface area contributed by atoms with Crippen LogP contribution in [-0.2, 0) is 0 Å². The van der Waals surface area contributed by atoms with Crippen LogP contribution in [0.1, 0.15) is 15.2 Å². The van der Waals surface area contributed by atoms with Crippen molar-refractivity contribution < 1.29 is 4.79 Å². The largest absolute Gasteiger partial charge is 0.288 e. The lowest BCUT2D eigenvalue weighted by Crippen LogP contribution is -2.00. The summed E-state index contributed by atoms with van der Waals surface area (Å²) in [6, 6.07) is 6.70. The van der Waals surface area contributed by atoms with Crippen LogP contribution < -0.4 is 0 Å². The fourth-order valence-corrected chi connectivity index (χ4v) is 3.25. The molecule has 1 aromatic carbocycles. The molecule has 0 radical (unpaired) electrons. The van der Waals surface area contributed by atoms with Crippen molar-refractivity contribution in [3.8, 4) is 0 Å². The lowest BCUT2D eigenvalue weighted by Gasteiger charge is -2.02. The average molecular weight is 336 g/mol. The Hall–Kier alpha value is -0.350. The molecule has 82 valence electrons. The highest BCUT2D eigenvalue weighted by molar-refractivity contribution is 9.10. The maximum Gasteiger partial charge on any atom is 0.205 e. The van der Waals surface area contributed by atoms with E-state index in [4.69, 9.17) is 23.2 Å². The minimum Gasteiger partial charge on any atom is -0.288 e. The third kappa shape index (κ3) is 2.33. The minimum atomic E-state index is -0.0939. The van der Waals surface area contributed by atoms with E-state index >= 15 is 0 Å². The molecule has 0 N–H and O–H groups in total. The highest BCUT2D eigenvalue weighted by Gasteiger charge is 2.16. The molecule has 1 heterocycles. The number of benzene rings is 1. The van der Waals surface area contributed by atoms with Crippen LogP contribution in [0.5, 0.6) is 0 Å². The highest BCUT2D eigenvalue weighted by Crippen LogP contribution is 2.29. The fourth-order valence-electron chi connectivity index (χ4n) is 1.25. The third-order valence-electron chi connectivity index (χ3n) is 2.00. The molecule has 0 aliphatic heterocycles. The van der Waals surface area contributed by atoms with Gasteiger partial charge in [0.2, 0.25) is 5.78 Å². The van der Waals surface area contributed by atoms with Crippen molar-refractivity contribution in [1.29, 1.82) is 0 Å². The normalized spacial score (nSPS) is 10.4. The van der Waals surface area contributed by atoms with Crippen LogP contribution in [0.15, 0.2) is 34.1 Å². The first-order valence-corrected chi connectivity index (χ1v) is 6.75. The van der Waals surface area contributed by atoms with E-state index in [2.05, 4.69) is 15.9 Å². The first-order chi connectivity index (χ1) is 7.59. The molecule has 0 spiro atoms. The van der Waals surface area contributed by atoms with Gasteiger partial charge < -0.3 is 0 Å². The third-order valence-corrected chi connectivity index (χ3v) is 4.38. The molecule has 0 saturated carbocycles. The molecule has 1 aromatic heterocycles. The number of ketones is 1. The zero-order valence-electron chi connectivity index (χ0n) is 7.84. The predicted molar refractivity (Wildman–Crippen MR) is 71.9 cm³/mol. The molecule has 0 fully saturated rings. The molecule has 2 rings (SSSR count). The number of carbonyl (C=O) groups excluding carboxylic acids is 1. The van der Waals surface area contributed by atoms with Gasteiger partial charge in [0, 0.05) is 15.1 Å². The summed E-state index contributed by atoms with van der Waals surface area (Å²) in [5, 5.41) is 2.74. The molecule has 16 heavy (non-hydrogen) atoms. The van der Waals surface area contributed by atoms with Gasteiger partial charge in [-0.3, -0.25) is 4.79 Å². The summed E-state index contributed by atoms with van der Waals surface area (Å²) in [6.45, 7) is 0. The molecule has 0 aliphatic rings. The first kappa shape index (κ1) is 12.1. The summed E-state index contributed by atoms with van der Waals surface area (Å²) in [7, 11) is 0. The van der Waals surface area contributed by atoms with E-state index in [1.54, 1.807) is 18.2 Å². The Balaban J connectivity index is 2.46. The smallest absolute Gasteiger partial charge is 0.205 e. The SMILES string of the molecule is O=C(c1ccc(Cl)cc1Cl)c1sccc1Br. The van der Waals surface area contributed by atoms with E-state index in [0.29, 0.717) is 20.5 Å². The Morgan fingerprint density at radius 3 is 2.56 bits per heavy atom. The summed E-state index contributed by atoms with van der Waals surface area (Å²) < 4.78 is 0.786. The van der Waals surface area contributed by atoms with Gasteiger partial charge in [0.05, 0.1) is 9.90 Å². The molecule has 0 saturated heterocycles. The lowest BCUT2D eigenvalue weighted by molar-refractivity contribution is 0.104. The van der Waals surface area contributed by atoms with Crippen LogP contribution >= 0.6 is 50.5 Å². The number of rotatable bonds is 2. The summed E-state index contributed by atoms with van der Waals surface area (Å²) in [5.41, 5.74) is 0.467. The van der Waals surface area contributed by atoms with Crippen molar-refractivity contribution in [2.45, 2.75) is 0 Å². The maximum absolute atomic E-state index is 12.1. The molecule has 0 aliphatic carbocycles. The van der Waals surface area contributed by atoms with Crippen LogP contribution in [0, 0.1) is 0 Å². The molecular formula is C11H5BrCl2OS. The molecule has 0 bridgehead atoms. The standard InChI is InChI=1S/C11H5BrCl2OS/c12-8-3-4-16-11(8)10(15)7-2-1-6(13)5-9(7)14/h1-5H. The van der Waals surface area contributed by atoms with E-state index in [1.165, 1.54) is 11.3 Å². The van der Waals surface area contributed by atoms with Gasteiger partial charge in [-0.2, -0.15) is 0 Å². The van der Waals surface area contributed by atoms with Gasteiger partial charge >= 0.3 is 0 Å². The maximum atomic E-state index is 12.1.